The van der Waals surface area contributed by atoms with E-state index in [2.05, 4.69) is 0 Å². The summed E-state index contributed by atoms with van der Waals surface area (Å²) in [4.78, 5) is 14.9. The van der Waals surface area contributed by atoms with Crippen LogP contribution in [0.25, 0.3) is 0 Å². The van der Waals surface area contributed by atoms with Gasteiger partial charge in [0.2, 0.25) is 5.91 Å². The highest BCUT2D eigenvalue weighted by Crippen LogP contribution is 2.19. The highest BCUT2D eigenvalue weighted by Gasteiger charge is 2.23. The SMILES string of the molecule is NC(C(=O)N(CCO)Cc1ccccc1)c1cccs1. The van der Waals surface area contributed by atoms with Gasteiger partial charge in [0.05, 0.1) is 6.61 Å². The van der Waals surface area contributed by atoms with Crippen LogP contribution >= 0.6 is 11.3 Å². The number of carbonyl (C=O) groups is 1. The predicted octanol–water partition coefficient (Wildman–Crippen LogP) is 1.77. The number of nitrogens with zero attached hydrogens (tertiary/aromatic N) is 1. The van der Waals surface area contributed by atoms with Gasteiger partial charge in [-0.25, -0.2) is 0 Å². The third-order valence-corrected chi connectivity index (χ3v) is 3.97. The Morgan fingerprint density at radius 1 is 1.25 bits per heavy atom. The standard InChI is InChI=1S/C15H18N2O2S/c16-14(13-7-4-10-20-13)15(19)17(8-9-18)11-12-5-2-1-3-6-12/h1-7,10,14,18H,8-9,11,16H2. The topological polar surface area (TPSA) is 66.6 Å². The lowest BCUT2D eigenvalue weighted by atomic mass is 10.1. The second-order valence-corrected chi connectivity index (χ2v) is 5.44. The van der Waals surface area contributed by atoms with E-state index in [0.29, 0.717) is 6.54 Å². The Balaban J connectivity index is 2.09. The average molecular weight is 290 g/mol. The van der Waals surface area contributed by atoms with Crippen LogP contribution in [0.2, 0.25) is 0 Å². The molecule has 0 fully saturated rings. The van der Waals surface area contributed by atoms with Gasteiger partial charge in [0, 0.05) is 18.0 Å². The van der Waals surface area contributed by atoms with E-state index < -0.39 is 6.04 Å². The van der Waals surface area contributed by atoms with Crippen LogP contribution in [-0.4, -0.2) is 29.1 Å². The molecule has 0 spiro atoms. The molecule has 1 unspecified atom stereocenters. The minimum absolute atomic E-state index is 0.0737. The molecule has 0 bridgehead atoms. The molecule has 2 aromatic rings. The Morgan fingerprint density at radius 3 is 2.60 bits per heavy atom. The van der Waals surface area contributed by atoms with E-state index in [-0.39, 0.29) is 19.1 Å². The number of rotatable bonds is 6. The molecule has 1 amide bonds. The van der Waals surface area contributed by atoms with E-state index in [0.717, 1.165) is 10.4 Å². The van der Waals surface area contributed by atoms with Crippen molar-refractivity contribution in [2.75, 3.05) is 13.2 Å². The Hall–Kier alpha value is -1.69. The molecular weight excluding hydrogens is 272 g/mol. The van der Waals surface area contributed by atoms with Gasteiger partial charge in [-0.2, -0.15) is 0 Å². The first-order valence-corrected chi connectivity index (χ1v) is 7.33. The lowest BCUT2D eigenvalue weighted by Gasteiger charge is -2.24. The second-order valence-electron chi connectivity index (χ2n) is 4.46. The fraction of sp³-hybridized carbons (Fsp3) is 0.267. The molecule has 4 nitrogen and oxygen atoms in total. The summed E-state index contributed by atoms with van der Waals surface area (Å²) in [6.45, 7) is 0.668. The molecule has 0 saturated carbocycles. The lowest BCUT2D eigenvalue weighted by molar-refractivity contribution is -0.133. The molecule has 2 rings (SSSR count). The maximum Gasteiger partial charge on any atom is 0.245 e. The van der Waals surface area contributed by atoms with Gasteiger partial charge in [-0.15, -0.1) is 11.3 Å². The van der Waals surface area contributed by atoms with Crippen LogP contribution in [0.5, 0.6) is 0 Å². The maximum absolute atomic E-state index is 12.4. The summed E-state index contributed by atoms with van der Waals surface area (Å²) >= 11 is 1.47. The number of benzene rings is 1. The molecule has 1 atom stereocenters. The minimum atomic E-state index is -0.662. The number of aliphatic hydroxyl groups excluding tert-OH is 1. The van der Waals surface area contributed by atoms with Gasteiger partial charge in [-0.1, -0.05) is 36.4 Å². The van der Waals surface area contributed by atoms with Gasteiger partial charge in [0.25, 0.3) is 0 Å². The van der Waals surface area contributed by atoms with Gasteiger partial charge in [-0.05, 0) is 17.0 Å². The van der Waals surface area contributed by atoms with E-state index in [1.54, 1.807) is 4.90 Å². The summed E-state index contributed by atoms with van der Waals surface area (Å²) < 4.78 is 0. The van der Waals surface area contributed by atoms with Crippen molar-refractivity contribution in [2.24, 2.45) is 5.73 Å². The van der Waals surface area contributed by atoms with Crippen molar-refractivity contribution in [1.82, 2.24) is 4.90 Å². The van der Waals surface area contributed by atoms with Crippen molar-refractivity contribution < 1.29 is 9.90 Å². The number of nitrogens with two attached hydrogens (primary N) is 1. The van der Waals surface area contributed by atoms with Gasteiger partial charge in [0.1, 0.15) is 6.04 Å². The third-order valence-electron chi connectivity index (χ3n) is 3.01. The third kappa shape index (κ3) is 3.66. The van der Waals surface area contributed by atoms with Gasteiger partial charge in [-0.3, -0.25) is 4.79 Å². The lowest BCUT2D eigenvalue weighted by Crippen LogP contribution is -2.39. The molecule has 3 N–H and O–H groups in total. The number of aliphatic hydroxyl groups is 1. The zero-order valence-corrected chi connectivity index (χ0v) is 11.9. The molecule has 0 saturated heterocycles. The average Bonchev–Trinajstić information content (AvgIpc) is 3.00. The first-order chi connectivity index (χ1) is 9.72. The van der Waals surface area contributed by atoms with E-state index in [1.807, 2.05) is 47.8 Å². The molecule has 1 heterocycles. The molecule has 20 heavy (non-hydrogen) atoms. The summed E-state index contributed by atoms with van der Waals surface area (Å²) in [5.41, 5.74) is 7.03. The number of thiophene rings is 1. The number of carbonyl (C=O) groups excluding carboxylic acids is 1. The quantitative estimate of drug-likeness (QED) is 0.852. The second kappa shape index (κ2) is 7.19. The Morgan fingerprint density at radius 2 is 2.00 bits per heavy atom. The molecule has 0 aliphatic rings. The summed E-state index contributed by atoms with van der Waals surface area (Å²) in [5.74, 6) is -0.162. The molecular formula is C15H18N2O2S. The Kier molecular flexibility index (Phi) is 5.29. The zero-order valence-electron chi connectivity index (χ0n) is 11.1. The van der Waals surface area contributed by atoms with Crippen LogP contribution in [-0.2, 0) is 11.3 Å². The first kappa shape index (κ1) is 14.7. The smallest absolute Gasteiger partial charge is 0.245 e. The van der Waals surface area contributed by atoms with Crippen molar-refractivity contribution in [3.05, 3.63) is 58.3 Å². The van der Waals surface area contributed by atoms with Crippen molar-refractivity contribution in [3.63, 3.8) is 0 Å². The summed E-state index contributed by atoms with van der Waals surface area (Å²) in [6, 6.07) is 12.8. The van der Waals surface area contributed by atoms with Crippen LogP contribution in [0.3, 0.4) is 0 Å². The van der Waals surface area contributed by atoms with E-state index >= 15 is 0 Å². The minimum Gasteiger partial charge on any atom is -0.395 e. The van der Waals surface area contributed by atoms with Crippen LogP contribution in [0.15, 0.2) is 47.8 Å². The maximum atomic E-state index is 12.4. The van der Waals surface area contributed by atoms with Crippen LogP contribution in [0, 0.1) is 0 Å². The molecule has 0 aliphatic carbocycles. The van der Waals surface area contributed by atoms with Crippen molar-refractivity contribution in [3.8, 4) is 0 Å². The molecule has 106 valence electrons. The molecule has 0 aliphatic heterocycles. The molecule has 1 aromatic heterocycles. The van der Waals surface area contributed by atoms with E-state index in [4.69, 9.17) is 10.8 Å². The normalized spacial score (nSPS) is 12.1. The van der Waals surface area contributed by atoms with E-state index in [1.165, 1.54) is 11.3 Å². The predicted molar refractivity (Wildman–Crippen MR) is 80.2 cm³/mol. The van der Waals surface area contributed by atoms with Gasteiger partial charge < -0.3 is 15.7 Å². The number of hydrogen-bond donors (Lipinski definition) is 2. The van der Waals surface area contributed by atoms with Gasteiger partial charge in [0.15, 0.2) is 0 Å². The highest BCUT2D eigenvalue weighted by atomic mass is 32.1. The highest BCUT2D eigenvalue weighted by molar-refractivity contribution is 7.10. The largest absolute Gasteiger partial charge is 0.395 e. The number of amides is 1. The molecule has 0 radical (unpaired) electrons. The monoisotopic (exact) mass is 290 g/mol. The molecule has 5 heteroatoms. The van der Waals surface area contributed by atoms with Crippen LogP contribution in [0.4, 0.5) is 0 Å². The zero-order chi connectivity index (χ0) is 14.4. The Bertz CT molecular complexity index is 528. The summed E-state index contributed by atoms with van der Waals surface area (Å²) in [5, 5.41) is 11.0. The molecule has 1 aromatic carbocycles. The van der Waals surface area contributed by atoms with Crippen LogP contribution in [0.1, 0.15) is 16.5 Å². The van der Waals surface area contributed by atoms with Crippen molar-refractivity contribution in [2.45, 2.75) is 12.6 Å². The van der Waals surface area contributed by atoms with Crippen LogP contribution < -0.4 is 5.73 Å². The van der Waals surface area contributed by atoms with Crippen molar-refractivity contribution >= 4 is 17.2 Å². The van der Waals surface area contributed by atoms with Gasteiger partial charge >= 0.3 is 0 Å². The summed E-state index contributed by atoms with van der Waals surface area (Å²) in [6.07, 6.45) is 0. The van der Waals surface area contributed by atoms with E-state index in [9.17, 15) is 4.79 Å². The summed E-state index contributed by atoms with van der Waals surface area (Å²) in [7, 11) is 0. The fourth-order valence-electron chi connectivity index (χ4n) is 1.98. The first-order valence-electron chi connectivity index (χ1n) is 6.45. The number of hydrogen-bond acceptors (Lipinski definition) is 4. The van der Waals surface area contributed by atoms with Crippen molar-refractivity contribution in [1.29, 1.82) is 0 Å². The fourth-order valence-corrected chi connectivity index (χ4v) is 2.70. The Labute approximate surface area is 122 Å².